The van der Waals surface area contributed by atoms with Crippen molar-refractivity contribution in [1.82, 2.24) is 14.7 Å². The van der Waals surface area contributed by atoms with Crippen molar-refractivity contribution in [3.8, 4) is 0 Å². The van der Waals surface area contributed by atoms with Crippen LogP contribution in [0.25, 0.3) is 0 Å². The number of rotatable bonds is 12. The normalized spacial score (nSPS) is 17.8. The molecule has 2 aromatic carbocycles. The van der Waals surface area contributed by atoms with Gasteiger partial charge in [0.15, 0.2) is 0 Å². The van der Waals surface area contributed by atoms with Crippen molar-refractivity contribution >= 4 is 37.3 Å². The Bertz CT molecular complexity index is 1610. The van der Waals surface area contributed by atoms with Crippen LogP contribution in [-0.2, 0) is 59.1 Å². The van der Waals surface area contributed by atoms with Crippen LogP contribution in [0, 0.1) is 5.82 Å². The standard InChI is InChI=1S/C30H35FN5O9P/c1-5-41-46(40,42-19-22-9-7-6-8-10-22)45-21(3)43-29(38)35(20(2)37)16-25-17-36(30(39)44-25)24-11-12-28(26(31)13-24)34-15-23-14-33(4)32-27(23)18-34/h6-14,21,25H,5,15-19H2,1-4H3/t21?,25-,46?/m0/s1. The highest BCUT2D eigenvalue weighted by Gasteiger charge is 2.38. The molecule has 16 heteroatoms. The van der Waals surface area contributed by atoms with Crippen LogP contribution < -0.4 is 9.80 Å². The number of hydrogen-bond donors (Lipinski definition) is 0. The van der Waals surface area contributed by atoms with Crippen molar-refractivity contribution in [3.63, 3.8) is 0 Å². The van der Waals surface area contributed by atoms with Crippen molar-refractivity contribution in [3.05, 3.63) is 77.4 Å². The molecule has 246 valence electrons. The number of amides is 3. The van der Waals surface area contributed by atoms with E-state index in [1.165, 1.54) is 17.9 Å². The first-order valence-corrected chi connectivity index (χ1v) is 16.0. The fourth-order valence-electron chi connectivity index (χ4n) is 5.14. The van der Waals surface area contributed by atoms with Crippen LogP contribution in [0.3, 0.4) is 0 Å². The van der Waals surface area contributed by atoms with E-state index in [0.29, 0.717) is 24.3 Å². The Kier molecular flexibility index (Phi) is 10.1. The molecular formula is C30H35FN5O9P. The molecule has 5 rings (SSSR count). The predicted molar refractivity (Wildman–Crippen MR) is 162 cm³/mol. The Hall–Kier alpha value is -4.30. The van der Waals surface area contributed by atoms with Gasteiger partial charge >= 0.3 is 20.0 Å². The number of nitrogens with zero attached hydrogens (tertiary/aromatic N) is 5. The lowest BCUT2D eigenvalue weighted by Gasteiger charge is -2.25. The molecule has 3 aromatic rings. The summed E-state index contributed by atoms with van der Waals surface area (Å²) in [5, 5.41) is 4.39. The van der Waals surface area contributed by atoms with Gasteiger partial charge in [-0.2, -0.15) is 5.10 Å². The van der Waals surface area contributed by atoms with Crippen LogP contribution in [0.4, 0.5) is 25.4 Å². The van der Waals surface area contributed by atoms with Crippen molar-refractivity contribution < 1.29 is 46.4 Å². The number of benzene rings is 2. The molecule has 1 fully saturated rings. The summed E-state index contributed by atoms with van der Waals surface area (Å²) in [6, 6.07) is 13.3. The number of cyclic esters (lactones) is 1. The Balaban J connectivity index is 1.17. The number of halogens is 1. The Morgan fingerprint density at radius 2 is 1.93 bits per heavy atom. The summed E-state index contributed by atoms with van der Waals surface area (Å²) < 4.78 is 56.6. The van der Waals surface area contributed by atoms with Gasteiger partial charge in [0.2, 0.25) is 12.2 Å². The second-order valence-electron chi connectivity index (χ2n) is 10.7. The van der Waals surface area contributed by atoms with Crippen LogP contribution in [0.5, 0.6) is 0 Å². The zero-order chi connectivity index (χ0) is 33.0. The molecule has 0 bridgehead atoms. The Morgan fingerprint density at radius 3 is 2.61 bits per heavy atom. The second-order valence-corrected chi connectivity index (χ2v) is 12.3. The maximum absolute atomic E-state index is 15.2. The first-order valence-electron chi connectivity index (χ1n) is 14.6. The van der Waals surface area contributed by atoms with Crippen LogP contribution in [0.2, 0.25) is 0 Å². The van der Waals surface area contributed by atoms with Crippen LogP contribution >= 0.6 is 7.82 Å². The smallest absolute Gasteiger partial charge is 0.442 e. The van der Waals surface area contributed by atoms with Gasteiger partial charge in [-0.25, -0.2) is 28.0 Å². The molecule has 14 nitrogen and oxygen atoms in total. The number of fused-ring (bicyclic) bond motifs is 1. The zero-order valence-electron chi connectivity index (χ0n) is 25.8. The highest BCUT2D eigenvalue weighted by molar-refractivity contribution is 7.48. The number of aromatic nitrogens is 2. The number of phosphoric ester groups is 1. The van der Waals surface area contributed by atoms with Gasteiger partial charge < -0.3 is 14.4 Å². The molecule has 3 amide bonds. The van der Waals surface area contributed by atoms with E-state index in [9.17, 15) is 18.9 Å². The largest absolute Gasteiger partial charge is 0.478 e. The maximum Gasteiger partial charge on any atom is 0.478 e. The number of hydrogen-bond acceptors (Lipinski definition) is 11. The number of carbonyl (C=O) groups excluding carboxylic acids is 3. The number of aryl methyl sites for hydroxylation is 1. The minimum atomic E-state index is -4.15. The number of phosphoric acid groups is 1. The van der Waals surface area contributed by atoms with E-state index in [4.69, 9.17) is 23.0 Å². The van der Waals surface area contributed by atoms with Gasteiger partial charge in [-0.3, -0.25) is 23.4 Å². The molecule has 0 saturated carbocycles. The zero-order valence-corrected chi connectivity index (χ0v) is 26.7. The topological polar surface area (TPSA) is 142 Å². The minimum absolute atomic E-state index is 0.00736. The van der Waals surface area contributed by atoms with Gasteiger partial charge in [0.1, 0.15) is 11.9 Å². The average molecular weight is 660 g/mol. The fourth-order valence-corrected chi connectivity index (χ4v) is 6.36. The second kappa shape index (κ2) is 14.0. The average Bonchev–Trinajstić information content (AvgIpc) is 3.67. The summed E-state index contributed by atoms with van der Waals surface area (Å²) in [4.78, 5) is 41.9. The number of ether oxygens (including phenoxy) is 2. The quantitative estimate of drug-likeness (QED) is 0.189. The van der Waals surface area contributed by atoms with E-state index in [1.807, 2.05) is 24.2 Å². The molecule has 0 aliphatic carbocycles. The third kappa shape index (κ3) is 7.73. The Labute approximate surface area is 265 Å². The highest BCUT2D eigenvalue weighted by Crippen LogP contribution is 2.51. The van der Waals surface area contributed by atoms with E-state index in [1.54, 1.807) is 48.0 Å². The molecule has 3 atom stereocenters. The molecule has 3 heterocycles. The molecule has 2 aliphatic rings. The SMILES string of the molecule is CCOP(=O)(OCc1ccccc1)OC(C)OC(=O)N(C[C@H]1CN(c2ccc(N3Cc4cn(C)nc4C3)c(F)c2)C(=O)O1)C(C)=O. The van der Waals surface area contributed by atoms with Gasteiger partial charge in [0.25, 0.3) is 0 Å². The monoisotopic (exact) mass is 659 g/mol. The molecule has 2 aliphatic heterocycles. The molecular weight excluding hydrogens is 624 g/mol. The lowest BCUT2D eigenvalue weighted by atomic mass is 10.2. The summed E-state index contributed by atoms with van der Waals surface area (Å²) in [5.41, 5.74) is 3.24. The molecule has 1 aromatic heterocycles. The lowest BCUT2D eigenvalue weighted by Crippen LogP contribution is -2.43. The maximum atomic E-state index is 15.2. The van der Waals surface area contributed by atoms with Gasteiger partial charge in [-0.15, -0.1) is 0 Å². The van der Waals surface area contributed by atoms with Crippen molar-refractivity contribution in [2.75, 3.05) is 29.5 Å². The highest BCUT2D eigenvalue weighted by atomic mass is 31.2. The predicted octanol–water partition coefficient (Wildman–Crippen LogP) is 5.11. The van der Waals surface area contributed by atoms with Gasteiger partial charge in [0, 0.05) is 32.3 Å². The van der Waals surface area contributed by atoms with E-state index in [-0.39, 0.29) is 32.0 Å². The molecule has 0 N–H and O–H groups in total. The fraction of sp³-hybridized carbons (Fsp3) is 0.400. The Morgan fingerprint density at radius 1 is 1.17 bits per heavy atom. The van der Waals surface area contributed by atoms with Crippen molar-refractivity contribution in [1.29, 1.82) is 0 Å². The summed E-state index contributed by atoms with van der Waals surface area (Å²) in [5.74, 6) is -1.22. The molecule has 46 heavy (non-hydrogen) atoms. The van der Waals surface area contributed by atoms with Crippen LogP contribution in [0.1, 0.15) is 37.6 Å². The van der Waals surface area contributed by atoms with Crippen LogP contribution in [-0.4, -0.2) is 64.9 Å². The molecule has 1 saturated heterocycles. The third-order valence-corrected chi connectivity index (χ3v) is 8.78. The number of carbonyl (C=O) groups is 3. The molecule has 0 spiro atoms. The number of imide groups is 1. The first kappa shape index (κ1) is 33.1. The summed E-state index contributed by atoms with van der Waals surface area (Å²) in [6.07, 6.45) is -2.37. The van der Waals surface area contributed by atoms with E-state index < -0.39 is 44.1 Å². The van der Waals surface area contributed by atoms with Gasteiger partial charge in [0.05, 0.1) is 49.9 Å². The van der Waals surface area contributed by atoms with E-state index in [0.717, 1.165) is 23.1 Å². The van der Waals surface area contributed by atoms with Crippen LogP contribution in [0.15, 0.2) is 54.7 Å². The van der Waals surface area contributed by atoms with Crippen molar-refractivity contribution in [2.45, 2.75) is 52.9 Å². The lowest BCUT2D eigenvalue weighted by molar-refractivity contribution is -0.130. The van der Waals surface area contributed by atoms with Crippen molar-refractivity contribution in [2.24, 2.45) is 7.05 Å². The van der Waals surface area contributed by atoms with Gasteiger partial charge in [-0.1, -0.05) is 30.3 Å². The summed E-state index contributed by atoms with van der Waals surface area (Å²) >= 11 is 0. The van der Waals surface area contributed by atoms with E-state index >= 15 is 4.39 Å². The molecule has 2 unspecified atom stereocenters. The van der Waals surface area contributed by atoms with E-state index in [2.05, 4.69) is 5.10 Å². The molecule has 0 radical (unpaired) electrons. The summed E-state index contributed by atoms with van der Waals surface area (Å²) in [6.45, 7) is 4.49. The minimum Gasteiger partial charge on any atom is -0.442 e. The van der Waals surface area contributed by atoms with Gasteiger partial charge in [-0.05, 0) is 37.6 Å². The first-order chi connectivity index (χ1) is 21.9. The third-order valence-electron chi connectivity index (χ3n) is 7.20. The summed E-state index contributed by atoms with van der Waals surface area (Å²) in [7, 11) is -2.32. The number of anilines is 2.